The van der Waals surface area contributed by atoms with E-state index in [1.165, 1.54) is 4.80 Å². The number of aryl methyl sites for hydroxylation is 1. The van der Waals surface area contributed by atoms with Crippen LogP contribution >= 0.6 is 11.6 Å². The second kappa shape index (κ2) is 9.05. The zero-order valence-corrected chi connectivity index (χ0v) is 17.8. The molecule has 0 radical (unpaired) electrons. The lowest BCUT2D eigenvalue weighted by molar-refractivity contribution is 0.0712. The van der Waals surface area contributed by atoms with Crippen molar-refractivity contribution >= 4 is 23.3 Å². The smallest absolute Gasteiger partial charge is 0.256 e. The van der Waals surface area contributed by atoms with Crippen molar-refractivity contribution in [2.24, 2.45) is 0 Å². The summed E-state index contributed by atoms with van der Waals surface area (Å²) < 4.78 is 0. The molecular formula is C21H25ClN6O. The molecule has 7 nitrogen and oxygen atoms in total. The summed E-state index contributed by atoms with van der Waals surface area (Å²) in [6.07, 6.45) is 4.81. The Morgan fingerprint density at radius 2 is 1.93 bits per heavy atom. The van der Waals surface area contributed by atoms with Gasteiger partial charge in [0.2, 0.25) is 0 Å². The predicted octanol–water partition coefficient (Wildman–Crippen LogP) is 3.90. The Kier molecular flexibility index (Phi) is 6.49. The van der Waals surface area contributed by atoms with Gasteiger partial charge in [-0.05, 0) is 57.0 Å². The van der Waals surface area contributed by atoms with Crippen LogP contribution < -0.4 is 5.32 Å². The van der Waals surface area contributed by atoms with Gasteiger partial charge in [-0.2, -0.15) is 15.0 Å². The number of benzene rings is 1. The molecule has 1 atom stereocenters. The van der Waals surface area contributed by atoms with Crippen molar-refractivity contribution in [3.05, 3.63) is 64.6 Å². The van der Waals surface area contributed by atoms with E-state index in [-0.39, 0.29) is 11.9 Å². The van der Waals surface area contributed by atoms with Gasteiger partial charge in [0.1, 0.15) is 11.5 Å². The molecule has 1 N–H and O–H groups in total. The minimum Gasteiger partial charge on any atom is -0.368 e. The van der Waals surface area contributed by atoms with Gasteiger partial charge in [0.25, 0.3) is 5.91 Å². The third-order valence-electron chi connectivity index (χ3n) is 4.99. The van der Waals surface area contributed by atoms with Gasteiger partial charge in [-0.25, -0.2) is 4.98 Å². The first-order chi connectivity index (χ1) is 13.9. The lowest BCUT2D eigenvalue weighted by atomic mass is 10.0. The molecular weight excluding hydrogens is 388 g/mol. The molecule has 3 aromatic rings. The summed E-state index contributed by atoms with van der Waals surface area (Å²) in [4.78, 5) is 21.0. The monoisotopic (exact) mass is 412 g/mol. The molecule has 1 aromatic carbocycles. The van der Waals surface area contributed by atoms with Crippen LogP contribution in [0, 0.1) is 13.8 Å². The Bertz CT molecular complexity index is 972. The van der Waals surface area contributed by atoms with E-state index in [0.29, 0.717) is 23.7 Å². The normalized spacial score (nSPS) is 11.9. The minimum absolute atomic E-state index is 0.0509. The van der Waals surface area contributed by atoms with Gasteiger partial charge in [-0.1, -0.05) is 17.7 Å². The SMILES string of the molecule is CCN(C(=O)c1ccc(C)c(C)c1-n1nccn1)[C@@H](C)CNc1ccc(Cl)cn1. The van der Waals surface area contributed by atoms with Crippen LogP contribution in [0.5, 0.6) is 0 Å². The van der Waals surface area contributed by atoms with E-state index in [2.05, 4.69) is 20.5 Å². The maximum Gasteiger partial charge on any atom is 0.256 e. The number of aromatic nitrogens is 4. The number of hydrogen-bond donors (Lipinski definition) is 1. The highest BCUT2D eigenvalue weighted by Crippen LogP contribution is 2.23. The fourth-order valence-electron chi connectivity index (χ4n) is 3.22. The molecule has 1 amide bonds. The molecule has 2 aromatic heterocycles. The average Bonchev–Trinajstić information content (AvgIpc) is 3.24. The third-order valence-corrected chi connectivity index (χ3v) is 5.21. The molecule has 0 saturated carbocycles. The largest absolute Gasteiger partial charge is 0.368 e. The number of halogens is 1. The molecule has 0 fully saturated rings. The molecule has 0 spiro atoms. The standard InChI is InChI=1S/C21H25ClN6O/c1-5-27(15(3)12-23-19-9-7-17(22)13-24-19)21(29)18-8-6-14(2)16(4)20(18)28-25-10-11-26-28/h6-11,13,15H,5,12H2,1-4H3,(H,23,24)/t15-/m0/s1. The summed E-state index contributed by atoms with van der Waals surface area (Å²) in [6, 6.07) is 7.36. The Morgan fingerprint density at radius 1 is 1.21 bits per heavy atom. The minimum atomic E-state index is -0.0544. The van der Waals surface area contributed by atoms with Crippen LogP contribution in [0.25, 0.3) is 5.69 Å². The average molecular weight is 413 g/mol. The quantitative estimate of drug-likeness (QED) is 0.637. The second-order valence-electron chi connectivity index (χ2n) is 6.90. The predicted molar refractivity (Wildman–Crippen MR) is 115 cm³/mol. The number of nitrogens with zero attached hydrogens (tertiary/aromatic N) is 5. The number of rotatable bonds is 7. The molecule has 0 bridgehead atoms. The lowest BCUT2D eigenvalue weighted by Crippen LogP contribution is -2.42. The number of anilines is 1. The van der Waals surface area contributed by atoms with E-state index in [9.17, 15) is 4.79 Å². The van der Waals surface area contributed by atoms with Crippen molar-refractivity contribution < 1.29 is 4.79 Å². The van der Waals surface area contributed by atoms with Gasteiger partial charge in [-0.3, -0.25) is 4.79 Å². The van der Waals surface area contributed by atoms with E-state index in [1.807, 2.05) is 50.8 Å². The lowest BCUT2D eigenvalue weighted by Gasteiger charge is -2.29. The summed E-state index contributed by atoms with van der Waals surface area (Å²) >= 11 is 5.88. The van der Waals surface area contributed by atoms with Gasteiger partial charge < -0.3 is 10.2 Å². The van der Waals surface area contributed by atoms with Crippen molar-refractivity contribution in [2.45, 2.75) is 33.7 Å². The molecule has 3 rings (SSSR count). The summed E-state index contributed by atoms with van der Waals surface area (Å²) in [5.74, 6) is 0.665. The summed E-state index contributed by atoms with van der Waals surface area (Å²) in [7, 11) is 0. The number of likely N-dealkylation sites (N-methyl/N-ethyl adjacent to an activating group) is 1. The van der Waals surface area contributed by atoms with Crippen molar-refractivity contribution in [2.75, 3.05) is 18.4 Å². The fourth-order valence-corrected chi connectivity index (χ4v) is 3.33. The first-order valence-electron chi connectivity index (χ1n) is 9.55. The number of nitrogens with one attached hydrogen (secondary N) is 1. The first-order valence-corrected chi connectivity index (χ1v) is 9.93. The zero-order valence-electron chi connectivity index (χ0n) is 17.1. The molecule has 0 aliphatic heterocycles. The van der Waals surface area contributed by atoms with Crippen LogP contribution in [-0.2, 0) is 0 Å². The molecule has 0 aliphatic carbocycles. The summed E-state index contributed by atoms with van der Waals surface area (Å²) in [5, 5.41) is 12.3. The summed E-state index contributed by atoms with van der Waals surface area (Å²) in [6.45, 7) is 9.13. The maximum atomic E-state index is 13.4. The molecule has 0 aliphatic rings. The highest BCUT2D eigenvalue weighted by Gasteiger charge is 2.25. The van der Waals surface area contributed by atoms with Gasteiger partial charge in [0.15, 0.2) is 0 Å². The molecule has 152 valence electrons. The van der Waals surface area contributed by atoms with E-state index < -0.39 is 0 Å². The Hall–Kier alpha value is -2.93. The molecule has 2 heterocycles. The van der Waals surface area contributed by atoms with Crippen molar-refractivity contribution in [3.63, 3.8) is 0 Å². The van der Waals surface area contributed by atoms with Crippen LogP contribution in [-0.4, -0.2) is 49.9 Å². The van der Waals surface area contributed by atoms with Crippen LogP contribution in [0.1, 0.15) is 35.3 Å². The van der Waals surface area contributed by atoms with Gasteiger partial charge in [-0.15, -0.1) is 0 Å². The number of pyridine rings is 1. The van der Waals surface area contributed by atoms with E-state index in [1.54, 1.807) is 24.7 Å². The Labute approximate surface area is 175 Å². The van der Waals surface area contributed by atoms with Crippen LogP contribution in [0.15, 0.2) is 42.9 Å². The summed E-state index contributed by atoms with van der Waals surface area (Å²) in [5.41, 5.74) is 3.38. The molecule has 0 saturated heterocycles. The number of carbonyl (C=O) groups excluding carboxylic acids is 1. The number of carbonyl (C=O) groups is 1. The third kappa shape index (κ3) is 4.56. The number of hydrogen-bond acceptors (Lipinski definition) is 5. The van der Waals surface area contributed by atoms with Gasteiger partial charge >= 0.3 is 0 Å². The molecule has 29 heavy (non-hydrogen) atoms. The molecule has 0 unspecified atom stereocenters. The maximum absolute atomic E-state index is 13.4. The highest BCUT2D eigenvalue weighted by atomic mass is 35.5. The van der Waals surface area contributed by atoms with Gasteiger partial charge in [0.05, 0.1) is 23.0 Å². The first kappa shape index (κ1) is 20.8. The van der Waals surface area contributed by atoms with Crippen LogP contribution in [0.4, 0.5) is 5.82 Å². The van der Waals surface area contributed by atoms with Crippen LogP contribution in [0.3, 0.4) is 0 Å². The van der Waals surface area contributed by atoms with Crippen molar-refractivity contribution in [1.82, 2.24) is 24.9 Å². The highest BCUT2D eigenvalue weighted by molar-refractivity contribution is 6.30. The van der Waals surface area contributed by atoms with Crippen molar-refractivity contribution in [1.29, 1.82) is 0 Å². The van der Waals surface area contributed by atoms with Crippen molar-refractivity contribution in [3.8, 4) is 5.69 Å². The number of amides is 1. The zero-order chi connectivity index (χ0) is 21.0. The second-order valence-corrected chi connectivity index (χ2v) is 7.34. The topological polar surface area (TPSA) is 75.9 Å². The molecule has 8 heteroatoms. The van der Waals surface area contributed by atoms with E-state index in [4.69, 9.17) is 11.6 Å². The Morgan fingerprint density at radius 3 is 2.55 bits per heavy atom. The van der Waals surface area contributed by atoms with Crippen LogP contribution in [0.2, 0.25) is 5.02 Å². The van der Waals surface area contributed by atoms with E-state index >= 15 is 0 Å². The Balaban J connectivity index is 1.84. The van der Waals surface area contributed by atoms with Gasteiger partial charge in [0, 0.05) is 25.3 Å². The fraction of sp³-hybridized carbons (Fsp3) is 0.333. The van der Waals surface area contributed by atoms with E-state index in [0.717, 1.165) is 22.6 Å².